The van der Waals surface area contributed by atoms with Crippen molar-refractivity contribution in [1.82, 2.24) is 0 Å². The molecule has 0 spiro atoms. The van der Waals surface area contributed by atoms with E-state index in [0.29, 0.717) is 0 Å². The molecular weight excluding hydrogens is 201 g/mol. The number of allylic oxidation sites excluding steroid dienone is 1. The first-order valence-corrected chi connectivity index (χ1v) is 5.89. The van der Waals surface area contributed by atoms with Crippen molar-refractivity contribution in [3.8, 4) is 0 Å². The van der Waals surface area contributed by atoms with E-state index in [1.54, 1.807) is 12.1 Å². The molecule has 0 bridgehead atoms. The third-order valence-electron chi connectivity index (χ3n) is 3.06. The van der Waals surface area contributed by atoms with Gasteiger partial charge in [0.05, 0.1) is 0 Å². The van der Waals surface area contributed by atoms with Gasteiger partial charge in [-0.3, -0.25) is 0 Å². The molecule has 0 aromatic heterocycles. The predicted octanol–water partition coefficient (Wildman–Crippen LogP) is 3.42. The van der Waals surface area contributed by atoms with Gasteiger partial charge in [0.2, 0.25) is 0 Å². The Morgan fingerprint density at radius 1 is 1.25 bits per heavy atom. The number of aryl methyl sites for hydroxylation is 1. The van der Waals surface area contributed by atoms with Crippen molar-refractivity contribution in [2.24, 2.45) is 5.73 Å². The summed E-state index contributed by atoms with van der Waals surface area (Å²) in [5.74, 6) is -0.159. The third kappa shape index (κ3) is 2.70. The van der Waals surface area contributed by atoms with Crippen LogP contribution in [-0.4, -0.2) is 6.04 Å². The van der Waals surface area contributed by atoms with Crippen LogP contribution in [0, 0.1) is 12.7 Å². The highest BCUT2D eigenvalue weighted by Gasteiger charge is 2.11. The first-order chi connectivity index (χ1) is 7.65. The van der Waals surface area contributed by atoms with Crippen molar-refractivity contribution in [2.75, 3.05) is 0 Å². The van der Waals surface area contributed by atoms with Gasteiger partial charge in [-0.15, -0.1) is 0 Å². The van der Waals surface area contributed by atoms with Crippen molar-refractivity contribution in [2.45, 2.75) is 38.6 Å². The molecule has 0 saturated carbocycles. The van der Waals surface area contributed by atoms with E-state index >= 15 is 0 Å². The van der Waals surface area contributed by atoms with E-state index in [0.717, 1.165) is 36.8 Å². The van der Waals surface area contributed by atoms with Crippen molar-refractivity contribution >= 4 is 5.57 Å². The highest BCUT2D eigenvalue weighted by Crippen LogP contribution is 2.26. The van der Waals surface area contributed by atoms with Crippen LogP contribution in [-0.2, 0) is 0 Å². The molecule has 86 valence electrons. The Bertz CT molecular complexity index is 389. The van der Waals surface area contributed by atoms with Crippen LogP contribution < -0.4 is 5.73 Å². The average molecular weight is 219 g/mol. The summed E-state index contributed by atoms with van der Waals surface area (Å²) in [6.45, 7) is 1.92. The Balaban J connectivity index is 2.34. The maximum atomic E-state index is 13.3. The van der Waals surface area contributed by atoms with E-state index in [1.807, 2.05) is 13.0 Å². The normalized spacial score (nSPS) is 21.4. The minimum atomic E-state index is -0.159. The number of hydrogen-bond acceptors (Lipinski definition) is 1. The molecule has 1 aliphatic rings. The zero-order valence-corrected chi connectivity index (χ0v) is 9.67. The minimum Gasteiger partial charge on any atom is -0.324 e. The van der Waals surface area contributed by atoms with Gasteiger partial charge in [0.25, 0.3) is 0 Å². The summed E-state index contributed by atoms with van der Waals surface area (Å²) in [4.78, 5) is 0. The van der Waals surface area contributed by atoms with Gasteiger partial charge in [-0.25, -0.2) is 4.39 Å². The lowest BCUT2D eigenvalue weighted by Crippen LogP contribution is -2.15. The van der Waals surface area contributed by atoms with Gasteiger partial charge in [0.1, 0.15) is 5.82 Å². The Hall–Kier alpha value is -1.15. The molecule has 16 heavy (non-hydrogen) atoms. The standard InChI is InChI=1S/C14H18FN/c1-10-6-12(8-13(15)7-10)11-4-2-3-5-14(16)9-11/h6-9,14H,2-5,16H2,1H3. The van der Waals surface area contributed by atoms with E-state index in [4.69, 9.17) is 5.73 Å². The number of nitrogens with two attached hydrogens (primary N) is 1. The molecule has 0 heterocycles. The predicted molar refractivity (Wildman–Crippen MR) is 65.6 cm³/mol. The zero-order chi connectivity index (χ0) is 11.5. The molecule has 1 atom stereocenters. The average Bonchev–Trinajstić information content (AvgIpc) is 2.41. The monoisotopic (exact) mass is 219 g/mol. The van der Waals surface area contributed by atoms with E-state index in [2.05, 4.69) is 6.08 Å². The molecule has 1 aromatic carbocycles. The van der Waals surface area contributed by atoms with Crippen molar-refractivity contribution in [3.05, 3.63) is 41.2 Å². The molecule has 0 aliphatic heterocycles. The van der Waals surface area contributed by atoms with Gasteiger partial charge in [0.15, 0.2) is 0 Å². The van der Waals surface area contributed by atoms with Gasteiger partial charge in [-0.05, 0) is 55.0 Å². The van der Waals surface area contributed by atoms with Crippen molar-refractivity contribution in [3.63, 3.8) is 0 Å². The molecule has 0 radical (unpaired) electrons. The van der Waals surface area contributed by atoms with Crippen LogP contribution in [0.5, 0.6) is 0 Å². The fourth-order valence-corrected chi connectivity index (χ4v) is 2.28. The van der Waals surface area contributed by atoms with Crippen molar-refractivity contribution < 1.29 is 4.39 Å². The summed E-state index contributed by atoms with van der Waals surface area (Å²) in [6.07, 6.45) is 6.46. The Labute approximate surface area is 96.2 Å². The summed E-state index contributed by atoms with van der Waals surface area (Å²) in [7, 11) is 0. The van der Waals surface area contributed by atoms with Crippen LogP contribution >= 0.6 is 0 Å². The van der Waals surface area contributed by atoms with Gasteiger partial charge < -0.3 is 5.73 Å². The highest BCUT2D eigenvalue weighted by atomic mass is 19.1. The molecule has 2 heteroatoms. The van der Waals surface area contributed by atoms with E-state index < -0.39 is 0 Å². The van der Waals surface area contributed by atoms with Crippen LogP contribution in [0.1, 0.15) is 36.8 Å². The second-order valence-electron chi connectivity index (χ2n) is 4.62. The van der Waals surface area contributed by atoms with Gasteiger partial charge in [0, 0.05) is 6.04 Å². The highest BCUT2D eigenvalue weighted by molar-refractivity contribution is 5.67. The lowest BCUT2D eigenvalue weighted by atomic mass is 9.99. The molecular formula is C14H18FN. The topological polar surface area (TPSA) is 26.0 Å². The first kappa shape index (κ1) is 11.3. The van der Waals surface area contributed by atoms with Crippen LogP contribution in [0.2, 0.25) is 0 Å². The molecule has 1 aliphatic carbocycles. The maximum Gasteiger partial charge on any atom is 0.124 e. The second-order valence-corrected chi connectivity index (χ2v) is 4.62. The van der Waals surface area contributed by atoms with Crippen molar-refractivity contribution in [1.29, 1.82) is 0 Å². The van der Waals surface area contributed by atoms with Gasteiger partial charge in [-0.1, -0.05) is 18.6 Å². The largest absolute Gasteiger partial charge is 0.324 e. The van der Waals surface area contributed by atoms with E-state index in [9.17, 15) is 4.39 Å². The van der Waals surface area contributed by atoms with Crippen LogP contribution in [0.4, 0.5) is 4.39 Å². The molecule has 2 rings (SSSR count). The molecule has 2 N–H and O–H groups in total. The third-order valence-corrected chi connectivity index (χ3v) is 3.06. The summed E-state index contributed by atoms with van der Waals surface area (Å²) < 4.78 is 13.3. The molecule has 0 saturated heterocycles. The maximum absolute atomic E-state index is 13.3. The molecule has 1 nitrogen and oxygen atoms in total. The lowest BCUT2D eigenvalue weighted by molar-refractivity contribution is 0.626. The fourth-order valence-electron chi connectivity index (χ4n) is 2.28. The second kappa shape index (κ2) is 4.79. The number of hydrogen-bond donors (Lipinski definition) is 1. The SMILES string of the molecule is Cc1cc(F)cc(C2=CC(N)CCCC2)c1. The summed E-state index contributed by atoms with van der Waals surface area (Å²) >= 11 is 0. The Kier molecular flexibility index (Phi) is 3.39. The van der Waals surface area contributed by atoms with E-state index in [1.165, 1.54) is 5.57 Å². The molecule has 0 fully saturated rings. The number of halogens is 1. The summed E-state index contributed by atoms with van der Waals surface area (Å²) in [5, 5.41) is 0. The summed E-state index contributed by atoms with van der Waals surface area (Å²) in [6, 6.07) is 5.32. The first-order valence-electron chi connectivity index (χ1n) is 5.89. The zero-order valence-electron chi connectivity index (χ0n) is 9.67. The van der Waals surface area contributed by atoms with Crippen LogP contribution in [0.15, 0.2) is 24.3 Å². The fraction of sp³-hybridized carbons (Fsp3) is 0.429. The smallest absolute Gasteiger partial charge is 0.124 e. The van der Waals surface area contributed by atoms with Crippen LogP contribution in [0.25, 0.3) is 5.57 Å². The van der Waals surface area contributed by atoms with E-state index in [-0.39, 0.29) is 11.9 Å². The summed E-state index contributed by atoms with van der Waals surface area (Å²) in [5.41, 5.74) is 9.13. The Morgan fingerprint density at radius 3 is 2.81 bits per heavy atom. The Morgan fingerprint density at radius 2 is 2.06 bits per heavy atom. The molecule has 1 unspecified atom stereocenters. The minimum absolute atomic E-state index is 0.126. The van der Waals surface area contributed by atoms with Crippen LogP contribution in [0.3, 0.4) is 0 Å². The number of benzene rings is 1. The molecule has 0 amide bonds. The quantitative estimate of drug-likeness (QED) is 0.769. The number of rotatable bonds is 1. The van der Waals surface area contributed by atoms with Gasteiger partial charge in [-0.2, -0.15) is 0 Å². The lowest BCUT2D eigenvalue weighted by Gasteiger charge is -2.08. The molecule has 1 aromatic rings. The van der Waals surface area contributed by atoms with Gasteiger partial charge >= 0.3 is 0 Å².